The Bertz CT molecular complexity index is 779. The van der Waals surface area contributed by atoms with Gasteiger partial charge < -0.3 is 25.0 Å². The predicted molar refractivity (Wildman–Crippen MR) is 132 cm³/mol. The van der Waals surface area contributed by atoms with E-state index in [-0.39, 0.29) is 30.0 Å². The number of aryl methyl sites for hydroxylation is 1. The summed E-state index contributed by atoms with van der Waals surface area (Å²) in [5.74, 6) is 2.10. The molecule has 0 fully saturated rings. The van der Waals surface area contributed by atoms with Crippen molar-refractivity contribution in [3.05, 3.63) is 53.6 Å². The summed E-state index contributed by atoms with van der Waals surface area (Å²) in [6.45, 7) is 5.56. The highest BCUT2D eigenvalue weighted by Crippen LogP contribution is 2.29. The maximum absolute atomic E-state index is 5.38. The van der Waals surface area contributed by atoms with Gasteiger partial charge in [0.25, 0.3) is 0 Å². The molecule has 29 heavy (non-hydrogen) atoms. The van der Waals surface area contributed by atoms with Crippen molar-refractivity contribution in [3.8, 4) is 11.5 Å². The number of hydrogen-bond donors (Lipinski definition) is 2. The van der Waals surface area contributed by atoms with Crippen LogP contribution in [0.4, 0.5) is 5.69 Å². The van der Waals surface area contributed by atoms with E-state index in [0.29, 0.717) is 18.0 Å². The minimum Gasteiger partial charge on any atom is -0.493 e. The summed E-state index contributed by atoms with van der Waals surface area (Å²) in [4.78, 5) is 7.00. The molecular formula is C22H33IN4O2. The summed E-state index contributed by atoms with van der Waals surface area (Å²) in [5.41, 5.74) is 3.39. The zero-order valence-corrected chi connectivity index (χ0v) is 20.5. The number of ether oxygens (including phenoxy) is 2. The van der Waals surface area contributed by atoms with Crippen molar-refractivity contribution < 1.29 is 9.47 Å². The Morgan fingerprint density at radius 1 is 1.03 bits per heavy atom. The second kappa shape index (κ2) is 12.5. The average Bonchev–Trinajstić information content (AvgIpc) is 2.69. The highest BCUT2D eigenvalue weighted by Gasteiger charge is 2.14. The van der Waals surface area contributed by atoms with Crippen LogP contribution in [-0.4, -0.2) is 52.3 Å². The average molecular weight is 512 g/mol. The van der Waals surface area contributed by atoms with Crippen LogP contribution in [0, 0.1) is 6.92 Å². The van der Waals surface area contributed by atoms with E-state index in [1.54, 1.807) is 14.2 Å². The third kappa shape index (κ3) is 7.40. The molecule has 0 aliphatic heterocycles. The minimum absolute atomic E-state index is 0. The molecule has 2 rings (SSSR count). The fourth-order valence-electron chi connectivity index (χ4n) is 2.89. The van der Waals surface area contributed by atoms with E-state index in [4.69, 9.17) is 14.5 Å². The molecule has 1 unspecified atom stereocenters. The maximum atomic E-state index is 5.38. The second-order valence-corrected chi connectivity index (χ2v) is 6.80. The van der Waals surface area contributed by atoms with Gasteiger partial charge in [0.15, 0.2) is 17.5 Å². The first kappa shape index (κ1) is 25.0. The molecular weight excluding hydrogens is 479 g/mol. The molecule has 0 aliphatic rings. The van der Waals surface area contributed by atoms with Crippen molar-refractivity contribution in [1.82, 2.24) is 10.2 Å². The third-order valence-electron chi connectivity index (χ3n) is 4.50. The summed E-state index contributed by atoms with van der Waals surface area (Å²) >= 11 is 0. The number of rotatable bonds is 8. The van der Waals surface area contributed by atoms with Crippen molar-refractivity contribution >= 4 is 35.6 Å². The van der Waals surface area contributed by atoms with Gasteiger partial charge in [-0.2, -0.15) is 0 Å². The molecule has 0 aromatic heterocycles. The van der Waals surface area contributed by atoms with E-state index in [1.165, 1.54) is 11.1 Å². The van der Waals surface area contributed by atoms with Gasteiger partial charge in [-0.3, -0.25) is 4.99 Å². The largest absolute Gasteiger partial charge is 0.493 e. The summed E-state index contributed by atoms with van der Waals surface area (Å²) in [6, 6.07) is 14.5. The normalized spacial score (nSPS) is 12.2. The molecule has 0 bridgehead atoms. The van der Waals surface area contributed by atoms with Gasteiger partial charge in [-0.25, -0.2) is 0 Å². The number of anilines is 1. The van der Waals surface area contributed by atoms with Crippen LogP contribution in [-0.2, 0) is 0 Å². The molecule has 1 atom stereocenters. The molecule has 0 radical (unpaired) electrons. The zero-order valence-electron chi connectivity index (χ0n) is 18.2. The van der Waals surface area contributed by atoms with E-state index in [9.17, 15) is 0 Å². The molecule has 0 saturated carbocycles. The molecule has 0 aliphatic carbocycles. The molecule has 2 aromatic carbocycles. The first-order chi connectivity index (χ1) is 13.5. The SMILES string of the molecule is CCNC(=NCC(c1ccc(C)cc1)N(C)C)Nc1ccc(OC)c(OC)c1.I. The van der Waals surface area contributed by atoms with Gasteiger partial charge in [-0.15, -0.1) is 24.0 Å². The number of benzene rings is 2. The lowest BCUT2D eigenvalue weighted by Crippen LogP contribution is -2.32. The van der Waals surface area contributed by atoms with Crippen molar-refractivity contribution in [3.63, 3.8) is 0 Å². The van der Waals surface area contributed by atoms with E-state index >= 15 is 0 Å². The van der Waals surface area contributed by atoms with Crippen LogP contribution in [0.1, 0.15) is 24.1 Å². The van der Waals surface area contributed by atoms with Crippen LogP contribution in [0.15, 0.2) is 47.5 Å². The fraction of sp³-hybridized carbons (Fsp3) is 0.409. The quantitative estimate of drug-likeness (QED) is 0.314. The number of nitrogens with one attached hydrogen (secondary N) is 2. The van der Waals surface area contributed by atoms with Gasteiger partial charge in [0.2, 0.25) is 0 Å². The molecule has 7 heteroatoms. The standard InChI is InChI=1S/C22H32N4O2.HI/c1-7-23-22(25-18-12-13-20(27-5)21(14-18)28-6)24-15-19(26(3)4)17-10-8-16(2)9-11-17;/h8-14,19H,7,15H2,1-6H3,(H2,23,24,25);1H. The van der Waals surface area contributed by atoms with E-state index < -0.39 is 0 Å². The van der Waals surface area contributed by atoms with Crippen molar-refractivity contribution in [2.45, 2.75) is 19.9 Å². The molecule has 0 spiro atoms. The predicted octanol–water partition coefficient (Wildman–Crippen LogP) is 4.31. The minimum atomic E-state index is 0. The first-order valence-electron chi connectivity index (χ1n) is 9.48. The Hall–Kier alpha value is -2.00. The molecule has 6 nitrogen and oxygen atoms in total. The van der Waals surface area contributed by atoms with Crippen LogP contribution in [0.5, 0.6) is 11.5 Å². The number of methoxy groups -OCH3 is 2. The van der Waals surface area contributed by atoms with E-state index in [2.05, 4.69) is 67.7 Å². The highest BCUT2D eigenvalue weighted by molar-refractivity contribution is 14.0. The Balaban J connectivity index is 0.00000420. The summed E-state index contributed by atoms with van der Waals surface area (Å²) in [7, 11) is 7.41. The molecule has 2 N–H and O–H groups in total. The van der Waals surface area contributed by atoms with E-state index in [1.807, 2.05) is 18.2 Å². The van der Waals surface area contributed by atoms with Gasteiger partial charge in [0, 0.05) is 18.3 Å². The van der Waals surface area contributed by atoms with Crippen molar-refractivity contribution in [2.24, 2.45) is 4.99 Å². The number of hydrogen-bond acceptors (Lipinski definition) is 4. The molecule has 0 saturated heterocycles. The second-order valence-electron chi connectivity index (χ2n) is 6.80. The fourth-order valence-corrected chi connectivity index (χ4v) is 2.89. The van der Waals surface area contributed by atoms with Crippen LogP contribution in [0.25, 0.3) is 0 Å². The van der Waals surface area contributed by atoms with Gasteiger partial charge >= 0.3 is 0 Å². The molecule has 0 heterocycles. The van der Waals surface area contributed by atoms with Gasteiger partial charge in [0.1, 0.15) is 0 Å². The lowest BCUT2D eigenvalue weighted by Gasteiger charge is -2.24. The van der Waals surface area contributed by atoms with Gasteiger partial charge in [0.05, 0.1) is 26.8 Å². The number of guanidine groups is 1. The molecule has 0 amide bonds. The number of aliphatic imine (C=N–C) groups is 1. The van der Waals surface area contributed by atoms with Crippen LogP contribution >= 0.6 is 24.0 Å². The maximum Gasteiger partial charge on any atom is 0.195 e. The molecule has 160 valence electrons. The van der Waals surface area contributed by atoms with Gasteiger partial charge in [-0.1, -0.05) is 29.8 Å². The monoisotopic (exact) mass is 512 g/mol. The Labute approximate surface area is 191 Å². The zero-order chi connectivity index (χ0) is 20.5. The number of likely N-dealkylation sites (N-methyl/N-ethyl adjacent to an activating group) is 1. The Morgan fingerprint density at radius 3 is 2.24 bits per heavy atom. The first-order valence-corrected chi connectivity index (χ1v) is 9.48. The lowest BCUT2D eigenvalue weighted by atomic mass is 10.0. The number of halogens is 1. The number of nitrogens with zero attached hydrogens (tertiary/aromatic N) is 2. The lowest BCUT2D eigenvalue weighted by molar-refractivity contribution is 0.306. The Kier molecular flexibility index (Phi) is 10.8. The smallest absolute Gasteiger partial charge is 0.195 e. The summed E-state index contributed by atoms with van der Waals surface area (Å²) in [5, 5.41) is 6.65. The topological polar surface area (TPSA) is 58.1 Å². The summed E-state index contributed by atoms with van der Waals surface area (Å²) < 4.78 is 10.7. The summed E-state index contributed by atoms with van der Waals surface area (Å²) in [6.07, 6.45) is 0. The van der Waals surface area contributed by atoms with E-state index in [0.717, 1.165) is 18.2 Å². The highest BCUT2D eigenvalue weighted by atomic mass is 127. The van der Waals surface area contributed by atoms with Crippen LogP contribution in [0.3, 0.4) is 0 Å². The Morgan fingerprint density at radius 2 is 1.69 bits per heavy atom. The third-order valence-corrected chi connectivity index (χ3v) is 4.50. The van der Waals surface area contributed by atoms with Crippen LogP contribution in [0.2, 0.25) is 0 Å². The van der Waals surface area contributed by atoms with Crippen LogP contribution < -0.4 is 20.1 Å². The van der Waals surface area contributed by atoms with Gasteiger partial charge in [-0.05, 0) is 45.6 Å². The van der Waals surface area contributed by atoms with Crippen molar-refractivity contribution in [2.75, 3.05) is 46.7 Å². The molecule has 2 aromatic rings. The van der Waals surface area contributed by atoms with Crippen molar-refractivity contribution in [1.29, 1.82) is 0 Å².